The molecule has 1 aromatic heterocycles. The van der Waals surface area contributed by atoms with Gasteiger partial charge in [-0.2, -0.15) is 9.78 Å². The lowest BCUT2D eigenvalue weighted by atomic mass is 10.1. The number of halogens is 1. The highest BCUT2D eigenvalue weighted by Gasteiger charge is 2.15. The van der Waals surface area contributed by atoms with E-state index in [2.05, 4.69) is 32.6 Å². The van der Waals surface area contributed by atoms with Crippen molar-refractivity contribution in [2.75, 3.05) is 13.2 Å². The molecule has 3 rings (SSSR count). The molecule has 9 heteroatoms. The molecule has 0 unspecified atom stereocenters. The highest BCUT2D eigenvalue weighted by atomic mass is 79.9. The number of aromatic nitrogens is 2. The van der Waals surface area contributed by atoms with Gasteiger partial charge in [0.1, 0.15) is 5.82 Å². The molecular formula is C24H24BrN3O5. The van der Waals surface area contributed by atoms with Gasteiger partial charge in [0.05, 0.1) is 23.7 Å². The van der Waals surface area contributed by atoms with E-state index in [-0.39, 0.29) is 5.56 Å². The van der Waals surface area contributed by atoms with Crippen LogP contribution in [0.25, 0.3) is 10.9 Å². The Morgan fingerprint density at radius 2 is 2.06 bits per heavy atom. The van der Waals surface area contributed by atoms with Crippen LogP contribution in [-0.2, 0) is 17.6 Å². The number of carboxylic acids is 1. The lowest BCUT2D eigenvalue weighted by Crippen LogP contribution is -2.22. The molecule has 1 N–H and O–H groups in total. The van der Waals surface area contributed by atoms with Crippen LogP contribution < -0.4 is 15.0 Å². The molecule has 33 heavy (non-hydrogen) atoms. The van der Waals surface area contributed by atoms with E-state index in [0.29, 0.717) is 58.8 Å². The highest BCUT2D eigenvalue weighted by molar-refractivity contribution is 9.10. The Morgan fingerprint density at radius 1 is 1.27 bits per heavy atom. The normalized spacial score (nSPS) is 11.1. The van der Waals surface area contributed by atoms with Crippen molar-refractivity contribution in [2.45, 2.75) is 26.7 Å². The third kappa shape index (κ3) is 5.67. The van der Waals surface area contributed by atoms with Crippen molar-refractivity contribution in [2.24, 2.45) is 5.10 Å². The van der Waals surface area contributed by atoms with Crippen molar-refractivity contribution >= 4 is 39.0 Å². The van der Waals surface area contributed by atoms with Gasteiger partial charge >= 0.3 is 5.97 Å². The molecule has 3 aromatic rings. The Hall–Kier alpha value is -3.46. The van der Waals surface area contributed by atoms with E-state index in [4.69, 9.17) is 14.6 Å². The monoisotopic (exact) mass is 513 g/mol. The first-order chi connectivity index (χ1) is 15.9. The minimum absolute atomic E-state index is 0.271. The predicted molar refractivity (Wildman–Crippen MR) is 131 cm³/mol. The summed E-state index contributed by atoms with van der Waals surface area (Å²) in [6.45, 7) is 7.35. The molecule has 0 bridgehead atoms. The van der Waals surface area contributed by atoms with E-state index in [9.17, 15) is 9.59 Å². The van der Waals surface area contributed by atoms with Crippen LogP contribution in [-0.4, -0.2) is 40.2 Å². The molecule has 0 amide bonds. The average molecular weight is 514 g/mol. The largest absolute Gasteiger partial charge is 0.490 e. The van der Waals surface area contributed by atoms with Crippen molar-refractivity contribution in [3.8, 4) is 11.5 Å². The van der Waals surface area contributed by atoms with Crippen molar-refractivity contribution in [1.82, 2.24) is 9.66 Å². The fourth-order valence-electron chi connectivity index (χ4n) is 3.29. The smallest absolute Gasteiger partial charge is 0.341 e. The van der Waals surface area contributed by atoms with E-state index in [1.165, 1.54) is 4.68 Å². The number of rotatable bonds is 10. The van der Waals surface area contributed by atoms with Crippen LogP contribution >= 0.6 is 15.9 Å². The summed E-state index contributed by atoms with van der Waals surface area (Å²) >= 11 is 3.39. The lowest BCUT2D eigenvalue weighted by molar-refractivity contribution is -0.139. The van der Waals surface area contributed by atoms with Gasteiger partial charge in [-0.3, -0.25) is 4.79 Å². The van der Waals surface area contributed by atoms with Gasteiger partial charge in [-0.1, -0.05) is 28.9 Å². The molecular weight excluding hydrogens is 490 g/mol. The topological polar surface area (TPSA) is 103 Å². The van der Waals surface area contributed by atoms with Crippen LogP contribution in [0.1, 0.15) is 30.8 Å². The van der Waals surface area contributed by atoms with Crippen molar-refractivity contribution in [3.05, 3.63) is 74.8 Å². The number of aryl methyl sites for hydroxylation is 1. The number of benzene rings is 2. The van der Waals surface area contributed by atoms with Gasteiger partial charge < -0.3 is 14.6 Å². The maximum Gasteiger partial charge on any atom is 0.341 e. The molecule has 0 aliphatic carbocycles. The summed E-state index contributed by atoms with van der Waals surface area (Å²) in [7, 11) is 0. The van der Waals surface area contributed by atoms with E-state index >= 15 is 0 Å². The van der Waals surface area contributed by atoms with E-state index in [0.717, 1.165) is 4.47 Å². The zero-order chi connectivity index (χ0) is 24.0. The molecule has 0 saturated heterocycles. The van der Waals surface area contributed by atoms with Gasteiger partial charge in [0.15, 0.2) is 18.1 Å². The second-order valence-corrected chi connectivity index (χ2v) is 7.94. The number of allylic oxidation sites excluding steroid dienone is 1. The van der Waals surface area contributed by atoms with E-state index in [1.54, 1.807) is 36.6 Å². The standard InChI is InChI=1S/C24H24BrN3O5/c1-4-7-16-10-15(11-20(32-6-3)23(16)33-14-22(29)30)13-26-28-21(5-2)27-19-9-8-17(25)12-18(19)24(28)31/h4,8-13H,1,5-7,14H2,2-3H3,(H,29,30). The molecule has 172 valence electrons. The predicted octanol–water partition coefficient (Wildman–Crippen LogP) is 4.19. The first-order valence-electron chi connectivity index (χ1n) is 10.4. The summed E-state index contributed by atoms with van der Waals surface area (Å²) in [5, 5.41) is 13.9. The number of carboxylic acid groups (broad SMARTS) is 1. The minimum Gasteiger partial charge on any atom is -0.490 e. The van der Waals surface area contributed by atoms with Crippen LogP contribution in [0.4, 0.5) is 0 Å². The summed E-state index contributed by atoms with van der Waals surface area (Å²) in [4.78, 5) is 28.7. The Labute approximate surface area is 199 Å². The molecule has 0 aliphatic rings. The minimum atomic E-state index is -1.09. The lowest BCUT2D eigenvalue weighted by Gasteiger charge is -2.15. The number of aliphatic carboxylic acids is 1. The Bertz CT molecular complexity index is 1280. The Morgan fingerprint density at radius 3 is 2.73 bits per heavy atom. The highest BCUT2D eigenvalue weighted by Crippen LogP contribution is 2.33. The van der Waals surface area contributed by atoms with Crippen molar-refractivity contribution in [1.29, 1.82) is 0 Å². The van der Waals surface area contributed by atoms with Gasteiger partial charge in [0.25, 0.3) is 5.56 Å². The molecule has 2 aromatic carbocycles. The average Bonchev–Trinajstić information content (AvgIpc) is 2.78. The first kappa shape index (κ1) is 24.2. The number of ether oxygens (including phenoxy) is 2. The second-order valence-electron chi connectivity index (χ2n) is 7.02. The second kappa shape index (κ2) is 10.9. The zero-order valence-electron chi connectivity index (χ0n) is 18.4. The molecule has 0 atom stereocenters. The summed E-state index contributed by atoms with van der Waals surface area (Å²) in [5.74, 6) is 0.182. The van der Waals surface area contributed by atoms with Gasteiger partial charge in [-0.15, -0.1) is 6.58 Å². The molecule has 0 saturated carbocycles. The summed E-state index contributed by atoms with van der Waals surface area (Å²) in [6.07, 6.45) is 4.18. The molecule has 1 heterocycles. The summed E-state index contributed by atoms with van der Waals surface area (Å²) in [5.41, 5.74) is 1.69. The van der Waals surface area contributed by atoms with E-state index < -0.39 is 12.6 Å². The number of fused-ring (bicyclic) bond motifs is 1. The third-order valence-corrected chi connectivity index (χ3v) is 5.17. The van der Waals surface area contributed by atoms with Crippen LogP contribution in [0.15, 0.2) is 57.4 Å². The molecule has 0 radical (unpaired) electrons. The fraction of sp³-hybridized carbons (Fsp3) is 0.250. The maximum absolute atomic E-state index is 13.1. The van der Waals surface area contributed by atoms with Crippen molar-refractivity contribution in [3.63, 3.8) is 0 Å². The van der Waals surface area contributed by atoms with Gasteiger partial charge in [0, 0.05) is 16.5 Å². The number of hydrogen-bond donors (Lipinski definition) is 1. The van der Waals surface area contributed by atoms with Crippen molar-refractivity contribution < 1.29 is 19.4 Å². The number of nitrogens with zero attached hydrogens (tertiary/aromatic N) is 3. The first-order valence-corrected chi connectivity index (χ1v) is 11.2. The molecule has 0 spiro atoms. The van der Waals surface area contributed by atoms with Crippen LogP contribution in [0.5, 0.6) is 11.5 Å². The zero-order valence-corrected chi connectivity index (χ0v) is 20.0. The van der Waals surface area contributed by atoms with Crippen LogP contribution in [0.3, 0.4) is 0 Å². The fourth-order valence-corrected chi connectivity index (χ4v) is 3.65. The van der Waals surface area contributed by atoms with Gasteiger partial charge in [-0.05, 0) is 49.2 Å². The number of carbonyl (C=O) groups is 1. The molecule has 0 fully saturated rings. The van der Waals surface area contributed by atoms with Gasteiger partial charge in [0.2, 0.25) is 0 Å². The Balaban J connectivity index is 2.10. The SMILES string of the molecule is C=CCc1cc(C=Nn2c(CC)nc3ccc(Br)cc3c2=O)cc(OCC)c1OCC(=O)O. The van der Waals surface area contributed by atoms with Gasteiger partial charge in [-0.25, -0.2) is 9.78 Å². The molecule has 0 aliphatic heterocycles. The summed E-state index contributed by atoms with van der Waals surface area (Å²) < 4.78 is 13.2. The third-order valence-electron chi connectivity index (χ3n) is 4.67. The van der Waals surface area contributed by atoms with Crippen LogP contribution in [0.2, 0.25) is 0 Å². The van der Waals surface area contributed by atoms with E-state index in [1.807, 2.05) is 19.9 Å². The Kier molecular flexibility index (Phi) is 8.00. The summed E-state index contributed by atoms with van der Waals surface area (Å²) in [6, 6.07) is 8.84. The number of hydrogen-bond acceptors (Lipinski definition) is 6. The molecule has 8 nitrogen and oxygen atoms in total. The quantitative estimate of drug-likeness (QED) is 0.322. The van der Waals surface area contributed by atoms with Crippen LogP contribution in [0, 0.1) is 0 Å². The maximum atomic E-state index is 13.1.